The second-order valence-corrected chi connectivity index (χ2v) is 6.76. The molecule has 6 nitrogen and oxygen atoms in total. The fourth-order valence-corrected chi connectivity index (χ4v) is 2.95. The Labute approximate surface area is 173 Å². The van der Waals surface area contributed by atoms with Gasteiger partial charge in [-0.25, -0.2) is 4.39 Å². The molecule has 0 N–H and O–H groups in total. The van der Waals surface area contributed by atoms with Crippen LogP contribution >= 0.6 is 11.6 Å². The van der Waals surface area contributed by atoms with Gasteiger partial charge in [-0.1, -0.05) is 30.7 Å². The second-order valence-electron chi connectivity index (χ2n) is 6.35. The maximum Gasteiger partial charge on any atom is 0.249 e. The number of carbonyl (C=O) groups is 1. The van der Waals surface area contributed by atoms with E-state index in [2.05, 4.69) is 10.2 Å². The Bertz CT molecular complexity index is 946. The largest absolute Gasteiger partial charge is 0.493 e. The summed E-state index contributed by atoms with van der Waals surface area (Å²) in [6.45, 7) is 2.94. The minimum Gasteiger partial charge on any atom is -0.493 e. The van der Waals surface area contributed by atoms with Crippen LogP contribution in [0.15, 0.2) is 52.9 Å². The maximum absolute atomic E-state index is 12.9. The predicted octanol–water partition coefficient (Wildman–Crippen LogP) is 4.74. The molecule has 3 aromatic rings. The minimum atomic E-state index is -0.335. The summed E-state index contributed by atoms with van der Waals surface area (Å²) in [6.07, 6.45) is 0.971. The summed E-state index contributed by atoms with van der Waals surface area (Å²) in [5.74, 6) is 0.738. The highest BCUT2D eigenvalue weighted by molar-refractivity contribution is 6.33. The van der Waals surface area contributed by atoms with Crippen LogP contribution in [0.5, 0.6) is 5.75 Å². The molecule has 1 heterocycles. The average Bonchev–Trinajstić information content (AvgIpc) is 3.18. The van der Waals surface area contributed by atoms with Gasteiger partial charge in [0.25, 0.3) is 0 Å². The van der Waals surface area contributed by atoms with Crippen LogP contribution in [0.3, 0.4) is 0 Å². The molecule has 0 aliphatic carbocycles. The van der Waals surface area contributed by atoms with Crippen molar-refractivity contribution in [3.63, 3.8) is 0 Å². The number of nitrogens with zero attached hydrogens (tertiary/aromatic N) is 3. The highest BCUT2D eigenvalue weighted by Gasteiger charge is 2.18. The topological polar surface area (TPSA) is 68.5 Å². The minimum absolute atomic E-state index is 0.0912. The van der Waals surface area contributed by atoms with E-state index >= 15 is 0 Å². The summed E-state index contributed by atoms with van der Waals surface area (Å²) < 4.78 is 24.1. The van der Waals surface area contributed by atoms with E-state index in [-0.39, 0.29) is 31.3 Å². The Morgan fingerprint density at radius 3 is 2.66 bits per heavy atom. The monoisotopic (exact) mass is 417 g/mol. The van der Waals surface area contributed by atoms with Crippen molar-refractivity contribution in [2.24, 2.45) is 0 Å². The van der Waals surface area contributed by atoms with Crippen LogP contribution in [-0.2, 0) is 11.3 Å². The Morgan fingerprint density at radius 1 is 1.17 bits per heavy atom. The van der Waals surface area contributed by atoms with Gasteiger partial charge in [-0.2, -0.15) is 0 Å². The molecule has 0 atom stereocenters. The van der Waals surface area contributed by atoms with Gasteiger partial charge in [-0.05, 0) is 42.8 Å². The van der Waals surface area contributed by atoms with Crippen LogP contribution in [0.4, 0.5) is 4.39 Å². The molecule has 29 heavy (non-hydrogen) atoms. The average molecular weight is 418 g/mol. The zero-order valence-electron chi connectivity index (χ0n) is 16.0. The highest BCUT2D eigenvalue weighted by Crippen LogP contribution is 2.26. The Morgan fingerprint density at radius 2 is 1.93 bits per heavy atom. The standard InChI is InChI=1S/C21H21ClFN3O3/c1-2-12-26(20(27)11-13-28-16-9-7-15(23)8-10-16)14-19-24-25-21(29-19)17-5-3-4-6-18(17)22/h3-10H,2,11-14H2,1H3. The summed E-state index contributed by atoms with van der Waals surface area (Å²) in [5, 5.41) is 8.59. The number of ether oxygens (including phenoxy) is 1. The van der Waals surface area contributed by atoms with Crippen LogP contribution in [0.1, 0.15) is 25.7 Å². The number of aromatic nitrogens is 2. The van der Waals surface area contributed by atoms with E-state index in [1.807, 2.05) is 19.1 Å². The summed E-state index contributed by atoms with van der Waals surface area (Å²) in [4.78, 5) is 14.2. The highest BCUT2D eigenvalue weighted by atomic mass is 35.5. The molecule has 1 aromatic heterocycles. The molecule has 0 aliphatic heterocycles. The van der Waals surface area contributed by atoms with Gasteiger partial charge < -0.3 is 14.1 Å². The van der Waals surface area contributed by atoms with Gasteiger partial charge in [0, 0.05) is 6.54 Å². The van der Waals surface area contributed by atoms with Crippen LogP contribution < -0.4 is 4.74 Å². The number of hydrogen-bond acceptors (Lipinski definition) is 5. The lowest BCUT2D eigenvalue weighted by Gasteiger charge is -2.20. The van der Waals surface area contributed by atoms with Crippen molar-refractivity contribution >= 4 is 17.5 Å². The van der Waals surface area contributed by atoms with Crippen molar-refractivity contribution in [2.45, 2.75) is 26.3 Å². The number of benzene rings is 2. The van der Waals surface area contributed by atoms with Crippen LogP contribution in [-0.4, -0.2) is 34.2 Å². The van der Waals surface area contributed by atoms with E-state index in [9.17, 15) is 9.18 Å². The third kappa shape index (κ3) is 5.77. The summed E-state index contributed by atoms with van der Waals surface area (Å²) in [5.41, 5.74) is 0.647. The van der Waals surface area contributed by atoms with E-state index in [0.717, 1.165) is 6.42 Å². The molecule has 0 saturated heterocycles. The Balaban J connectivity index is 1.58. The molecule has 0 saturated carbocycles. The molecular formula is C21H21ClFN3O3. The Hall–Kier alpha value is -2.93. The van der Waals surface area contributed by atoms with Crippen LogP contribution in [0.25, 0.3) is 11.5 Å². The third-order valence-corrected chi connectivity index (χ3v) is 4.47. The van der Waals surface area contributed by atoms with Gasteiger partial charge in [-0.15, -0.1) is 10.2 Å². The summed E-state index contributed by atoms with van der Waals surface area (Å²) in [6, 6.07) is 12.9. The Kier molecular flexibility index (Phi) is 7.19. The first-order valence-corrected chi connectivity index (χ1v) is 9.68. The lowest BCUT2D eigenvalue weighted by Crippen LogP contribution is -2.32. The van der Waals surface area contributed by atoms with Crippen molar-refractivity contribution in [1.29, 1.82) is 0 Å². The zero-order valence-corrected chi connectivity index (χ0v) is 16.7. The van der Waals surface area contributed by atoms with E-state index in [0.29, 0.717) is 34.7 Å². The molecule has 0 fully saturated rings. The molecular weight excluding hydrogens is 397 g/mol. The fraction of sp³-hybridized carbons (Fsp3) is 0.286. The van der Waals surface area contributed by atoms with Gasteiger partial charge in [0.2, 0.25) is 17.7 Å². The van der Waals surface area contributed by atoms with Crippen molar-refractivity contribution in [1.82, 2.24) is 15.1 Å². The summed E-state index contributed by atoms with van der Waals surface area (Å²) in [7, 11) is 0. The van der Waals surface area contributed by atoms with Crippen molar-refractivity contribution in [3.8, 4) is 17.2 Å². The van der Waals surface area contributed by atoms with Gasteiger partial charge >= 0.3 is 0 Å². The first kappa shape index (κ1) is 20.8. The first-order valence-electron chi connectivity index (χ1n) is 9.30. The van der Waals surface area contributed by atoms with Gasteiger partial charge in [0.15, 0.2) is 0 Å². The van der Waals surface area contributed by atoms with E-state index < -0.39 is 0 Å². The summed E-state index contributed by atoms with van der Waals surface area (Å²) >= 11 is 6.16. The molecule has 3 rings (SSSR count). The zero-order chi connectivity index (χ0) is 20.6. The third-order valence-electron chi connectivity index (χ3n) is 4.14. The lowest BCUT2D eigenvalue weighted by molar-refractivity contribution is -0.132. The van der Waals surface area contributed by atoms with Gasteiger partial charge in [-0.3, -0.25) is 4.79 Å². The predicted molar refractivity (Wildman–Crippen MR) is 107 cm³/mol. The molecule has 1 amide bonds. The number of carbonyl (C=O) groups excluding carboxylic acids is 1. The molecule has 0 aliphatic rings. The maximum atomic E-state index is 12.9. The molecule has 2 aromatic carbocycles. The van der Waals surface area contributed by atoms with Crippen molar-refractivity contribution in [3.05, 3.63) is 65.3 Å². The SMILES string of the molecule is CCCN(Cc1nnc(-c2ccccc2Cl)o1)C(=O)CCOc1ccc(F)cc1. The smallest absolute Gasteiger partial charge is 0.249 e. The normalized spacial score (nSPS) is 10.7. The number of hydrogen-bond donors (Lipinski definition) is 0. The first-order chi connectivity index (χ1) is 14.1. The molecule has 0 unspecified atom stereocenters. The van der Waals surface area contributed by atoms with E-state index in [1.165, 1.54) is 24.3 Å². The fourth-order valence-electron chi connectivity index (χ4n) is 2.73. The van der Waals surface area contributed by atoms with Gasteiger partial charge in [0.1, 0.15) is 11.6 Å². The lowest BCUT2D eigenvalue weighted by atomic mass is 10.2. The van der Waals surface area contributed by atoms with Crippen LogP contribution in [0, 0.1) is 5.82 Å². The van der Waals surface area contributed by atoms with Crippen LogP contribution in [0.2, 0.25) is 5.02 Å². The van der Waals surface area contributed by atoms with Crippen molar-refractivity contribution < 1.29 is 18.3 Å². The molecule has 0 bridgehead atoms. The number of rotatable bonds is 9. The number of amides is 1. The van der Waals surface area contributed by atoms with E-state index in [4.69, 9.17) is 20.8 Å². The second kappa shape index (κ2) is 10.0. The molecule has 0 radical (unpaired) electrons. The van der Waals surface area contributed by atoms with Crippen molar-refractivity contribution in [2.75, 3.05) is 13.2 Å². The molecule has 8 heteroatoms. The molecule has 0 spiro atoms. The number of halogens is 2. The van der Waals surface area contributed by atoms with Gasteiger partial charge in [0.05, 0.1) is 30.2 Å². The van der Waals surface area contributed by atoms with E-state index in [1.54, 1.807) is 17.0 Å². The molecule has 152 valence electrons. The quantitative estimate of drug-likeness (QED) is 0.503.